The van der Waals surface area contributed by atoms with Crippen LogP contribution in [-0.4, -0.2) is 15.7 Å². The molecule has 1 N–H and O–H groups in total. The Morgan fingerprint density at radius 2 is 2.37 bits per heavy atom. The third-order valence-corrected chi connectivity index (χ3v) is 3.04. The van der Waals surface area contributed by atoms with E-state index >= 15 is 0 Å². The van der Waals surface area contributed by atoms with Crippen LogP contribution in [-0.2, 0) is 18.4 Å². The lowest BCUT2D eigenvalue weighted by molar-refractivity contribution is -0.117. The van der Waals surface area contributed by atoms with Gasteiger partial charge in [0.15, 0.2) is 0 Å². The zero-order chi connectivity index (χ0) is 13.8. The van der Waals surface area contributed by atoms with Gasteiger partial charge < -0.3 is 9.73 Å². The number of hydrogen-bond donors (Lipinski definition) is 1. The average molecular weight is 259 g/mol. The quantitative estimate of drug-likeness (QED) is 0.855. The van der Waals surface area contributed by atoms with E-state index in [1.165, 1.54) is 0 Å². The Morgan fingerprint density at radius 3 is 2.95 bits per heavy atom. The molecule has 0 aliphatic carbocycles. The Bertz CT molecular complexity index is 594. The van der Waals surface area contributed by atoms with Gasteiger partial charge in [-0.05, 0) is 32.1 Å². The zero-order valence-electron chi connectivity index (χ0n) is 11.3. The van der Waals surface area contributed by atoms with Crippen LogP contribution in [0.15, 0.2) is 34.6 Å². The van der Waals surface area contributed by atoms with Crippen molar-refractivity contribution in [2.75, 3.05) is 0 Å². The fourth-order valence-corrected chi connectivity index (χ4v) is 1.68. The smallest absolute Gasteiger partial charge is 0.247 e. The number of nitrogens with one attached hydrogen (secondary N) is 1. The summed E-state index contributed by atoms with van der Waals surface area (Å²) in [6.07, 6.45) is 5.06. The molecular formula is C14H17N3O2. The predicted octanol–water partition coefficient (Wildman–Crippen LogP) is 2.04. The van der Waals surface area contributed by atoms with Gasteiger partial charge in [0.2, 0.25) is 5.91 Å². The first kappa shape index (κ1) is 13.1. The summed E-state index contributed by atoms with van der Waals surface area (Å²) in [4.78, 5) is 11.9. The minimum atomic E-state index is -0.111. The van der Waals surface area contributed by atoms with Gasteiger partial charge in [-0.3, -0.25) is 9.48 Å². The van der Waals surface area contributed by atoms with Gasteiger partial charge in [-0.2, -0.15) is 5.10 Å². The summed E-state index contributed by atoms with van der Waals surface area (Å²) in [5, 5.41) is 7.00. The Hall–Kier alpha value is -2.30. The summed E-state index contributed by atoms with van der Waals surface area (Å²) >= 11 is 0. The van der Waals surface area contributed by atoms with Gasteiger partial charge in [0, 0.05) is 30.4 Å². The van der Waals surface area contributed by atoms with E-state index in [4.69, 9.17) is 4.42 Å². The van der Waals surface area contributed by atoms with Crippen LogP contribution in [0.25, 0.3) is 6.08 Å². The molecule has 0 saturated carbocycles. The number of carbonyl (C=O) groups excluding carboxylic acids is 1. The molecule has 0 aliphatic rings. The van der Waals surface area contributed by atoms with E-state index < -0.39 is 0 Å². The maximum Gasteiger partial charge on any atom is 0.247 e. The van der Waals surface area contributed by atoms with E-state index in [0.29, 0.717) is 17.9 Å². The number of nitrogens with zero attached hydrogens (tertiary/aromatic N) is 2. The monoisotopic (exact) mass is 259 g/mol. The second-order valence-electron chi connectivity index (χ2n) is 4.40. The van der Waals surface area contributed by atoms with Crippen molar-refractivity contribution in [1.29, 1.82) is 0 Å². The van der Waals surface area contributed by atoms with Crippen LogP contribution in [0, 0.1) is 6.92 Å². The van der Waals surface area contributed by atoms with Crippen LogP contribution in [0.3, 0.4) is 0 Å². The normalized spacial score (nSPS) is 11.6. The van der Waals surface area contributed by atoms with E-state index in [1.807, 2.05) is 20.0 Å². The van der Waals surface area contributed by atoms with Crippen LogP contribution < -0.4 is 5.32 Å². The van der Waals surface area contributed by atoms with Gasteiger partial charge in [0.1, 0.15) is 5.76 Å². The Labute approximate surface area is 111 Å². The van der Waals surface area contributed by atoms with Crippen LogP contribution >= 0.6 is 0 Å². The van der Waals surface area contributed by atoms with Crippen molar-refractivity contribution in [2.24, 2.45) is 7.05 Å². The molecule has 19 heavy (non-hydrogen) atoms. The van der Waals surface area contributed by atoms with Crippen molar-refractivity contribution in [1.82, 2.24) is 15.1 Å². The number of furan rings is 1. The predicted molar refractivity (Wildman–Crippen MR) is 72.2 cm³/mol. The van der Waals surface area contributed by atoms with Crippen LogP contribution in [0.2, 0.25) is 0 Å². The molecule has 2 aromatic rings. The van der Waals surface area contributed by atoms with Crippen molar-refractivity contribution < 1.29 is 9.21 Å². The highest BCUT2D eigenvalue weighted by Crippen LogP contribution is 2.08. The van der Waals surface area contributed by atoms with E-state index in [0.717, 1.165) is 11.3 Å². The van der Waals surface area contributed by atoms with E-state index in [9.17, 15) is 4.79 Å². The molecule has 2 aromatic heterocycles. The minimum absolute atomic E-state index is 0.111. The molecule has 0 aromatic carbocycles. The molecule has 0 fully saturated rings. The van der Waals surface area contributed by atoms with Gasteiger partial charge in [0.05, 0.1) is 12.5 Å². The van der Waals surface area contributed by atoms with E-state index in [2.05, 4.69) is 10.4 Å². The summed E-state index contributed by atoms with van der Waals surface area (Å²) < 4.78 is 6.95. The summed E-state index contributed by atoms with van der Waals surface area (Å²) in [7, 11) is 1.88. The molecule has 0 atom stereocenters. The molecule has 2 heterocycles. The number of rotatable bonds is 4. The standard InChI is InChI=1S/C14H17N3O2/c1-10(7-13-5-4-6-19-13)14(18)15-8-12-9-16-17(3)11(12)2/h4-7,9H,8H2,1-3H3,(H,15,18). The van der Waals surface area contributed by atoms with Crippen molar-refractivity contribution in [3.8, 4) is 0 Å². The molecule has 1 amide bonds. The van der Waals surface area contributed by atoms with Gasteiger partial charge in [-0.25, -0.2) is 0 Å². The largest absolute Gasteiger partial charge is 0.465 e. The first-order chi connectivity index (χ1) is 9.08. The maximum absolute atomic E-state index is 11.9. The second kappa shape index (κ2) is 5.56. The lowest BCUT2D eigenvalue weighted by Gasteiger charge is -2.05. The zero-order valence-corrected chi connectivity index (χ0v) is 11.3. The Balaban J connectivity index is 1.96. The lowest BCUT2D eigenvalue weighted by atomic mass is 10.2. The molecule has 5 heteroatoms. The minimum Gasteiger partial charge on any atom is -0.465 e. The Kier molecular flexibility index (Phi) is 3.85. The summed E-state index contributed by atoms with van der Waals surface area (Å²) in [5.41, 5.74) is 2.67. The first-order valence-corrected chi connectivity index (χ1v) is 6.05. The van der Waals surface area contributed by atoms with Gasteiger partial charge in [0.25, 0.3) is 0 Å². The van der Waals surface area contributed by atoms with Gasteiger partial charge in [-0.15, -0.1) is 0 Å². The molecule has 100 valence electrons. The molecular weight excluding hydrogens is 242 g/mol. The molecule has 0 bridgehead atoms. The molecule has 0 saturated heterocycles. The van der Waals surface area contributed by atoms with Crippen molar-refractivity contribution in [3.05, 3.63) is 47.2 Å². The highest BCUT2D eigenvalue weighted by molar-refractivity contribution is 5.96. The number of hydrogen-bond acceptors (Lipinski definition) is 3. The molecule has 0 radical (unpaired) electrons. The summed E-state index contributed by atoms with van der Waals surface area (Å²) in [6, 6.07) is 3.60. The highest BCUT2D eigenvalue weighted by atomic mass is 16.3. The van der Waals surface area contributed by atoms with E-state index in [1.54, 1.807) is 36.2 Å². The van der Waals surface area contributed by atoms with Crippen molar-refractivity contribution in [2.45, 2.75) is 20.4 Å². The third-order valence-electron chi connectivity index (χ3n) is 3.04. The second-order valence-corrected chi connectivity index (χ2v) is 4.40. The van der Waals surface area contributed by atoms with Crippen LogP contribution in [0.1, 0.15) is 23.9 Å². The van der Waals surface area contributed by atoms with Crippen molar-refractivity contribution in [3.63, 3.8) is 0 Å². The summed E-state index contributed by atoms with van der Waals surface area (Å²) in [5.74, 6) is 0.560. The molecule has 0 aliphatic heterocycles. The summed E-state index contributed by atoms with van der Waals surface area (Å²) in [6.45, 7) is 4.20. The number of carbonyl (C=O) groups is 1. The topological polar surface area (TPSA) is 60.1 Å². The average Bonchev–Trinajstić information content (AvgIpc) is 2.99. The third kappa shape index (κ3) is 3.13. The number of aromatic nitrogens is 2. The fraction of sp³-hybridized carbons (Fsp3) is 0.286. The fourth-order valence-electron chi connectivity index (χ4n) is 1.68. The number of amides is 1. The molecule has 0 spiro atoms. The van der Waals surface area contributed by atoms with Gasteiger partial charge >= 0.3 is 0 Å². The maximum atomic E-state index is 11.9. The Morgan fingerprint density at radius 1 is 1.58 bits per heavy atom. The molecule has 2 rings (SSSR count). The lowest BCUT2D eigenvalue weighted by Crippen LogP contribution is -2.23. The van der Waals surface area contributed by atoms with Crippen molar-refractivity contribution >= 4 is 12.0 Å². The molecule has 5 nitrogen and oxygen atoms in total. The first-order valence-electron chi connectivity index (χ1n) is 6.05. The van der Waals surface area contributed by atoms with Crippen LogP contribution in [0.5, 0.6) is 0 Å². The molecule has 0 unspecified atom stereocenters. The number of aryl methyl sites for hydroxylation is 1. The van der Waals surface area contributed by atoms with Gasteiger partial charge in [-0.1, -0.05) is 0 Å². The highest BCUT2D eigenvalue weighted by Gasteiger charge is 2.08. The van der Waals surface area contributed by atoms with Crippen LogP contribution in [0.4, 0.5) is 0 Å². The SMILES string of the molecule is CC(=Cc1ccco1)C(=O)NCc1cnn(C)c1C. The van der Waals surface area contributed by atoms with E-state index in [-0.39, 0.29) is 5.91 Å².